The van der Waals surface area contributed by atoms with Crippen molar-refractivity contribution in [3.63, 3.8) is 0 Å². The van der Waals surface area contributed by atoms with Gasteiger partial charge in [-0.3, -0.25) is 9.89 Å². The zero-order valence-electron chi connectivity index (χ0n) is 9.40. The van der Waals surface area contributed by atoms with Gasteiger partial charge in [-0.25, -0.2) is 4.98 Å². The molecule has 0 aliphatic heterocycles. The van der Waals surface area contributed by atoms with Gasteiger partial charge in [-0.05, 0) is 19.8 Å². The van der Waals surface area contributed by atoms with Gasteiger partial charge in [-0.1, -0.05) is 0 Å². The number of nitrogens with one attached hydrogen (secondary N) is 1. The summed E-state index contributed by atoms with van der Waals surface area (Å²) in [5.41, 5.74) is 0. The van der Waals surface area contributed by atoms with Crippen molar-refractivity contribution in [2.45, 2.75) is 36.7 Å². The minimum Gasteiger partial charge on any atom is -0.468 e. The van der Waals surface area contributed by atoms with Gasteiger partial charge in [0.1, 0.15) is 11.1 Å². The van der Waals surface area contributed by atoms with Gasteiger partial charge >= 0.3 is 5.97 Å². The van der Waals surface area contributed by atoms with Gasteiger partial charge in [0.05, 0.1) is 12.9 Å². The van der Waals surface area contributed by atoms with Crippen molar-refractivity contribution in [2.24, 2.45) is 0 Å². The fourth-order valence-corrected chi connectivity index (χ4v) is 2.11. The molecule has 1 atom stereocenters. The van der Waals surface area contributed by atoms with Crippen LogP contribution < -0.4 is 0 Å². The van der Waals surface area contributed by atoms with Crippen LogP contribution >= 0.6 is 11.8 Å². The Hall–Kier alpha value is -1.04. The Morgan fingerprint density at radius 3 is 3.06 bits per heavy atom. The third-order valence-corrected chi connectivity index (χ3v) is 3.63. The number of carbonyl (C=O) groups is 1. The van der Waals surface area contributed by atoms with E-state index < -0.39 is 0 Å². The topological polar surface area (TPSA) is 67.9 Å². The number of nitrogens with zero attached hydrogens (tertiary/aromatic N) is 2. The standard InChI is InChI=1S/C10H15N3O2S/c1-6(10(14)15-2)16-5-8-11-9(13-12-8)7-3-4-7/h6-7H,3-5H2,1-2H3,(H,11,12,13)/t6-/m0/s1. The van der Waals surface area contributed by atoms with Crippen LogP contribution in [0, 0.1) is 0 Å². The molecule has 5 nitrogen and oxygen atoms in total. The molecule has 1 N–H and O–H groups in total. The average molecular weight is 241 g/mol. The van der Waals surface area contributed by atoms with E-state index in [0.717, 1.165) is 11.6 Å². The molecule has 0 aromatic carbocycles. The molecule has 2 rings (SSSR count). The Kier molecular flexibility index (Phi) is 3.48. The molecule has 1 aliphatic carbocycles. The molecule has 0 unspecified atom stereocenters. The van der Waals surface area contributed by atoms with Crippen molar-refractivity contribution in [3.05, 3.63) is 11.6 Å². The van der Waals surface area contributed by atoms with Crippen LogP contribution in [0.3, 0.4) is 0 Å². The first-order valence-corrected chi connectivity index (χ1v) is 6.36. The van der Waals surface area contributed by atoms with Crippen molar-refractivity contribution in [2.75, 3.05) is 7.11 Å². The summed E-state index contributed by atoms with van der Waals surface area (Å²) in [6.45, 7) is 1.83. The van der Waals surface area contributed by atoms with Gasteiger partial charge in [0, 0.05) is 5.92 Å². The molecule has 0 saturated heterocycles. The van der Waals surface area contributed by atoms with Crippen molar-refractivity contribution < 1.29 is 9.53 Å². The number of aromatic amines is 1. The molecule has 1 aliphatic rings. The largest absolute Gasteiger partial charge is 0.468 e. The van der Waals surface area contributed by atoms with E-state index in [-0.39, 0.29) is 11.2 Å². The predicted octanol–water partition coefficient (Wildman–Crippen LogP) is 1.48. The lowest BCUT2D eigenvalue weighted by Crippen LogP contribution is -2.15. The van der Waals surface area contributed by atoms with E-state index in [2.05, 4.69) is 19.9 Å². The van der Waals surface area contributed by atoms with Crippen LogP contribution in [0.25, 0.3) is 0 Å². The highest BCUT2D eigenvalue weighted by molar-refractivity contribution is 7.99. The molecule has 1 heterocycles. The summed E-state index contributed by atoms with van der Waals surface area (Å²) < 4.78 is 4.65. The number of H-pyrrole nitrogens is 1. The number of esters is 1. The van der Waals surface area contributed by atoms with Crippen LogP contribution in [0.5, 0.6) is 0 Å². The van der Waals surface area contributed by atoms with Gasteiger partial charge in [-0.15, -0.1) is 11.8 Å². The maximum absolute atomic E-state index is 11.2. The number of rotatable bonds is 5. The van der Waals surface area contributed by atoms with Crippen LogP contribution in [0.15, 0.2) is 0 Å². The van der Waals surface area contributed by atoms with Crippen LogP contribution in [0.1, 0.15) is 37.3 Å². The molecule has 16 heavy (non-hydrogen) atoms. The third kappa shape index (κ3) is 2.75. The minimum atomic E-state index is -0.202. The second-order valence-electron chi connectivity index (χ2n) is 3.89. The molecule has 0 amide bonds. The number of aromatic nitrogens is 3. The second-order valence-corrected chi connectivity index (χ2v) is 5.22. The molecule has 1 saturated carbocycles. The second kappa shape index (κ2) is 4.86. The molecule has 6 heteroatoms. The van der Waals surface area contributed by atoms with Crippen molar-refractivity contribution >= 4 is 17.7 Å². The van der Waals surface area contributed by atoms with Gasteiger partial charge in [0.25, 0.3) is 0 Å². The number of hydrogen-bond donors (Lipinski definition) is 1. The maximum Gasteiger partial charge on any atom is 0.318 e. The lowest BCUT2D eigenvalue weighted by molar-refractivity contribution is -0.139. The van der Waals surface area contributed by atoms with Crippen LogP contribution in [0.2, 0.25) is 0 Å². The van der Waals surface area contributed by atoms with Gasteiger partial charge in [0.15, 0.2) is 5.82 Å². The number of hydrogen-bond acceptors (Lipinski definition) is 5. The summed E-state index contributed by atoms with van der Waals surface area (Å²) in [6, 6.07) is 0. The van der Waals surface area contributed by atoms with Crippen LogP contribution in [0.4, 0.5) is 0 Å². The molecule has 0 spiro atoms. The number of carbonyl (C=O) groups excluding carboxylic acids is 1. The van der Waals surface area contributed by atoms with E-state index in [9.17, 15) is 4.79 Å². The normalized spacial score (nSPS) is 17.1. The summed E-state index contributed by atoms with van der Waals surface area (Å²) in [5, 5.41) is 6.89. The van der Waals surface area contributed by atoms with E-state index in [1.54, 1.807) is 0 Å². The van der Waals surface area contributed by atoms with Crippen LogP contribution in [-0.4, -0.2) is 33.5 Å². The van der Waals surface area contributed by atoms with Crippen molar-refractivity contribution in [1.29, 1.82) is 0 Å². The SMILES string of the molecule is COC(=O)[C@H](C)SCc1nc(C2CC2)n[nH]1. The summed E-state index contributed by atoms with van der Waals surface area (Å²) in [6.07, 6.45) is 2.39. The van der Waals surface area contributed by atoms with E-state index in [0.29, 0.717) is 11.7 Å². The Bertz CT molecular complexity index is 376. The summed E-state index contributed by atoms with van der Waals surface area (Å²) >= 11 is 1.50. The van der Waals surface area contributed by atoms with E-state index in [1.807, 2.05) is 6.92 Å². The zero-order chi connectivity index (χ0) is 11.5. The molecule has 1 aromatic rings. The van der Waals surface area contributed by atoms with Crippen molar-refractivity contribution in [3.8, 4) is 0 Å². The van der Waals surface area contributed by atoms with E-state index >= 15 is 0 Å². The molecule has 0 radical (unpaired) electrons. The van der Waals surface area contributed by atoms with E-state index in [4.69, 9.17) is 0 Å². The number of methoxy groups -OCH3 is 1. The Labute approximate surface area is 98.4 Å². The lowest BCUT2D eigenvalue weighted by Gasteiger charge is -2.06. The average Bonchev–Trinajstić information content (AvgIpc) is 3.05. The molecular weight excluding hydrogens is 226 g/mol. The first-order valence-electron chi connectivity index (χ1n) is 5.31. The quantitative estimate of drug-likeness (QED) is 0.791. The fourth-order valence-electron chi connectivity index (χ4n) is 1.34. The highest BCUT2D eigenvalue weighted by Gasteiger charge is 2.27. The van der Waals surface area contributed by atoms with Crippen molar-refractivity contribution in [1.82, 2.24) is 15.2 Å². The summed E-state index contributed by atoms with van der Waals surface area (Å²) in [4.78, 5) is 15.6. The number of thioether (sulfide) groups is 1. The summed E-state index contributed by atoms with van der Waals surface area (Å²) in [5.74, 6) is 2.78. The zero-order valence-corrected chi connectivity index (χ0v) is 10.2. The number of ether oxygens (including phenoxy) is 1. The monoisotopic (exact) mass is 241 g/mol. The fraction of sp³-hybridized carbons (Fsp3) is 0.700. The molecule has 88 valence electrons. The summed E-state index contributed by atoms with van der Waals surface area (Å²) in [7, 11) is 1.40. The Morgan fingerprint density at radius 1 is 1.69 bits per heavy atom. The predicted molar refractivity (Wildman–Crippen MR) is 61.1 cm³/mol. The van der Waals surface area contributed by atoms with Gasteiger partial charge in [-0.2, -0.15) is 5.10 Å². The lowest BCUT2D eigenvalue weighted by atomic mass is 10.4. The molecule has 1 fully saturated rings. The minimum absolute atomic E-state index is 0.167. The molecule has 1 aromatic heterocycles. The Morgan fingerprint density at radius 2 is 2.44 bits per heavy atom. The van der Waals surface area contributed by atoms with Gasteiger partial charge in [0.2, 0.25) is 0 Å². The van der Waals surface area contributed by atoms with Gasteiger partial charge < -0.3 is 4.74 Å². The molecular formula is C10H15N3O2S. The first kappa shape index (κ1) is 11.4. The maximum atomic E-state index is 11.2. The third-order valence-electron chi connectivity index (χ3n) is 2.49. The molecule has 0 bridgehead atoms. The highest BCUT2D eigenvalue weighted by atomic mass is 32.2. The van der Waals surface area contributed by atoms with Crippen LogP contribution in [-0.2, 0) is 15.3 Å². The van der Waals surface area contributed by atoms with E-state index in [1.165, 1.54) is 31.7 Å². The highest BCUT2D eigenvalue weighted by Crippen LogP contribution is 2.37. The first-order chi connectivity index (χ1) is 7.70. The smallest absolute Gasteiger partial charge is 0.318 e. The Balaban J connectivity index is 1.82.